The molecule has 194 valence electrons. The first kappa shape index (κ1) is 25.8. The van der Waals surface area contributed by atoms with Crippen LogP contribution in [0.1, 0.15) is 32.8 Å². The normalized spacial score (nSPS) is 12.4. The van der Waals surface area contributed by atoms with Crippen LogP contribution in [0, 0.1) is 0 Å². The number of fused-ring (bicyclic) bond motifs is 2. The van der Waals surface area contributed by atoms with Crippen LogP contribution in [0.2, 0.25) is 10.0 Å². The van der Waals surface area contributed by atoms with E-state index in [2.05, 4.69) is 5.10 Å². The largest absolute Gasteiger partial charge is 0.490 e. The lowest BCUT2D eigenvalue weighted by Crippen LogP contribution is -2.20. The van der Waals surface area contributed by atoms with Crippen molar-refractivity contribution in [3.05, 3.63) is 86.6 Å². The summed E-state index contributed by atoms with van der Waals surface area (Å²) in [4.78, 5) is 18.2. The average Bonchev–Trinajstić information content (AvgIpc) is 3.33. The van der Waals surface area contributed by atoms with Gasteiger partial charge >= 0.3 is 0 Å². The number of rotatable bonds is 8. The average molecular weight is 550 g/mol. The molecule has 0 amide bonds. The van der Waals surface area contributed by atoms with Crippen LogP contribution >= 0.6 is 23.2 Å². The van der Waals surface area contributed by atoms with E-state index in [4.69, 9.17) is 42.1 Å². The molecule has 5 aromatic rings. The third kappa shape index (κ3) is 5.12. The molecule has 0 saturated carbocycles. The van der Waals surface area contributed by atoms with E-state index in [1.54, 1.807) is 54.6 Å². The summed E-state index contributed by atoms with van der Waals surface area (Å²) in [7, 11) is 0. The van der Waals surface area contributed by atoms with Gasteiger partial charge in [0.15, 0.2) is 17.3 Å². The maximum absolute atomic E-state index is 13.5. The molecule has 7 nitrogen and oxygen atoms in total. The van der Waals surface area contributed by atoms with E-state index in [9.17, 15) is 4.79 Å². The molecule has 0 spiro atoms. The molecule has 1 atom stereocenters. The lowest BCUT2D eigenvalue weighted by atomic mass is 10.2. The van der Waals surface area contributed by atoms with Crippen LogP contribution in [0.3, 0.4) is 0 Å². The molecule has 3 aromatic carbocycles. The standard InChI is InChI=1S/C29H25Cl2N3O4/c1-4-17(3)37-27-22(31)12-18(13-25(27)36-5-2)16-32-34-28(33-23-9-7-6-8-21(23)29(34)35)26-15-19-14-20(30)10-11-24(19)38-26/h6-17H,4-5H2,1-3H3/t17-/m0/s1. The Morgan fingerprint density at radius 3 is 2.71 bits per heavy atom. The first-order chi connectivity index (χ1) is 18.4. The zero-order valence-electron chi connectivity index (χ0n) is 21.1. The van der Waals surface area contributed by atoms with Gasteiger partial charge in [-0.05, 0) is 74.4 Å². The Morgan fingerprint density at radius 1 is 1.11 bits per heavy atom. The molecule has 0 fully saturated rings. The monoisotopic (exact) mass is 549 g/mol. The summed E-state index contributed by atoms with van der Waals surface area (Å²) in [6.07, 6.45) is 2.32. The Balaban J connectivity index is 1.64. The van der Waals surface area contributed by atoms with E-state index in [-0.39, 0.29) is 17.5 Å². The smallest absolute Gasteiger partial charge is 0.282 e. The van der Waals surface area contributed by atoms with E-state index in [1.807, 2.05) is 26.8 Å². The highest BCUT2D eigenvalue weighted by atomic mass is 35.5. The second-order valence-electron chi connectivity index (χ2n) is 8.71. The first-order valence-electron chi connectivity index (χ1n) is 12.3. The van der Waals surface area contributed by atoms with Crippen LogP contribution in [0.25, 0.3) is 33.5 Å². The molecular formula is C29H25Cl2N3O4. The van der Waals surface area contributed by atoms with Crippen LogP contribution in [-0.4, -0.2) is 28.6 Å². The van der Waals surface area contributed by atoms with Crippen molar-refractivity contribution in [3.63, 3.8) is 0 Å². The molecule has 0 aliphatic rings. The van der Waals surface area contributed by atoms with E-state index >= 15 is 0 Å². The predicted molar refractivity (Wildman–Crippen MR) is 152 cm³/mol. The van der Waals surface area contributed by atoms with E-state index in [1.165, 1.54) is 10.9 Å². The second-order valence-corrected chi connectivity index (χ2v) is 9.55. The summed E-state index contributed by atoms with van der Waals surface area (Å²) >= 11 is 12.7. The Kier molecular flexibility index (Phi) is 7.40. The van der Waals surface area contributed by atoms with Crippen LogP contribution in [0.4, 0.5) is 0 Å². The minimum absolute atomic E-state index is 0.0327. The van der Waals surface area contributed by atoms with Crippen LogP contribution in [-0.2, 0) is 0 Å². The van der Waals surface area contributed by atoms with Gasteiger partial charge in [-0.2, -0.15) is 9.78 Å². The van der Waals surface area contributed by atoms with E-state index in [0.29, 0.717) is 56.0 Å². The fourth-order valence-corrected chi connectivity index (χ4v) is 4.41. The molecule has 0 aliphatic carbocycles. The van der Waals surface area contributed by atoms with E-state index < -0.39 is 0 Å². The minimum Gasteiger partial charge on any atom is -0.490 e. The van der Waals surface area contributed by atoms with Gasteiger partial charge < -0.3 is 13.9 Å². The van der Waals surface area contributed by atoms with Gasteiger partial charge in [0.2, 0.25) is 5.82 Å². The van der Waals surface area contributed by atoms with Gasteiger partial charge in [-0.1, -0.05) is 42.3 Å². The molecule has 0 bridgehead atoms. The number of halogens is 2. The Bertz CT molecular complexity index is 1730. The van der Waals surface area contributed by atoms with Crippen molar-refractivity contribution in [1.29, 1.82) is 0 Å². The Morgan fingerprint density at radius 2 is 1.92 bits per heavy atom. The fourth-order valence-electron chi connectivity index (χ4n) is 3.96. The summed E-state index contributed by atoms with van der Waals surface area (Å²) in [5, 5.41) is 6.69. The van der Waals surface area contributed by atoms with Gasteiger partial charge in [0.1, 0.15) is 5.58 Å². The molecule has 0 radical (unpaired) electrons. The maximum Gasteiger partial charge on any atom is 0.282 e. The highest BCUT2D eigenvalue weighted by Crippen LogP contribution is 2.37. The molecule has 38 heavy (non-hydrogen) atoms. The van der Waals surface area contributed by atoms with Gasteiger partial charge in [0, 0.05) is 10.4 Å². The van der Waals surface area contributed by atoms with Crippen molar-refractivity contribution < 1.29 is 13.9 Å². The van der Waals surface area contributed by atoms with Gasteiger partial charge in [-0.25, -0.2) is 4.98 Å². The zero-order valence-corrected chi connectivity index (χ0v) is 22.6. The maximum atomic E-state index is 13.5. The molecular weight excluding hydrogens is 525 g/mol. The van der Waals surface area contributed by atoms with Crippen LogP contribution < -0.4 is 15.0 Å². The fraction of sp³-hybridized carbons (Fsp3) is 0.207. The Labute approximate surface area is 229 Å². The van der Waals surface area contributed by atoms with Gasteiger partial charge in [0.25, 0.3) is 5.56 Å². The second kappa shape index (κ2) is 10.9. The minimum atomic E-state index is -0.340. The SMILES string of the molecule is CCOc1cc(C=Nn2c(-c3cc4cc(Cl)ccc4o3)nc3ccccc3c2=O)cc(Cl)c1O[C@@H](C)CC. The number of nitrogens with zero attached hydrogens (tertiary/aromatic N) is 3. The van der Waals surface area contributed by atoms with E-state index in [0.717, 1.165) is 11.8 Å². The Hall–Kier alpha value is -3.81. The summed E-state index contributed by atoms with van der Waals surface area (Å²) in [6, 6.07) is 17.7. The van der Waals surface area contributed by atoms with Crippen LogP contribution in [0.5, 0.6) is 11.5 Å². The number of furan rings is 1. The third-order valence-electron chi connectivity index (χ3n) is 6.00. The topological polar surface area (TPSA) is 78.9 Å². The van der Waals surface area contributed by atoms with Crippen molar-refractivity contribution in [2.75, 3.05) is 6.61 Å². The van der Waals surface area contributed by atoms with Crippen molar-refractivity contribution in [1.82, 2.24) is 9.66 Å². The summed E-state index contributed by atoms with van der Waals surface area (Å²) in [5.41, 5.74) is 1.43. The molecule has 2 heterocycles. The van der Waals surface area contributed by atoms with Crippen LogP contribution in [0.15, 0.2) is 75.0 Å². The molecule has 0 saturated heterocycles. The lowest BCUT2D eigenvalue weighted by molar-refractivity contribution is 0.203. The molecule has 0 N–H and O–H groups in total. The molecule has 5 rings (SSSR count). The molecule has 2 aromatic heterocycles. The highest BCUT2D eigenvalue weighted by Gasteiger charge is 2.18. The number of aromatic nitrogens is 2. The molecule has 0 unspecified atom stereocenters. The quantitative estimate of drug-likeness (QED) is 0.186. The summed E-state index contributed by atoms with van der Waals surface area (Å²) in [6.45, 7) is 6.31. The predicted octanol–water partition coefficient (Wildman–Crippen LogP) is 7.57. The van der Waals surface area contributed by atoms with Crippen molar-refractivity contribution in [2.24, 2.45) is 5.10 Å². The number of para-hydroxylation sites is 1. The molecule has 0 aliphatic heterocycles. The van der Waals surface area contributed by atoms with Gasteiger partial charge in [0.05, 0.1) is 34.9 Å². The summed E-state index contributed by atoms with van der Waals surface area (Å²) in [5.74, 6) is 1.61. The zero-order chi connectivity index (χ0) is 26.8. The number of hydrogen-bond acceptors (Lipinski definition) is 6. The number of ether oxygens (including phenoxy) is 2. The summed E-state index contributed by atoms with van der Waals surface area (Å²) < 4.78 is 19.0. The lowest BCUT2D eigenvalue weighted by Gasteiger charge is -2.18. The third-order valence-corrected chi connectivity index (χ3v) is 6.52. The van der Waals surface area contributed by atoms with Crippen molar-refractivity contribution in [3.8, 4) is 23.1 Å². The number of hydrogen-bond donors (Lipinski definition) is 0. The molecule has 9 heteroatoms. The van der Waals surface area contributed by atoms with Crippen molar-refractivity contribution in [2.45, 2.75) is 33.3 Å². The van der Waals surface area contributed by atoms with Crippen molar-refractivity contribution >= 4 is 51.3 Å². The van der Waals surface area contributed by atoms with Gasteiger partial charge in [-0.3, -0.25) is 4.79 Å². The first-order valence-corrected chi connectivity index (χ1v) is 13.0. The number of benzene rings is 3. The van der Waals surface area contributed by atoms with Gasteiger partial charge in [-0.15, -0.1) is 0 Å². The highest BCUT2D eigenvalue weighted by molar-refractivity contribution is 6.32.